The fraction of sp³-hybridized carbons (Fsp3) is 0.214. The lowest BCUT2D eigenvalue weighted by Gasteiger charge is -1.89. The Morgan fingerprint density at radius 1 is 1.29 bits per heavy atom. The fourth-order valence-electron chi connectivity index (χ4n) is 1.88. The summed E-state index contributed by atoms with van der Waals surface area (Å²) >= 11 is 1.65. The molecule has 0 fully saturated rings. The van der Waals surface area contributed by atoms with Crippen molar-refractivity contribution < 1.29 is 4.42 Å². The second kappa shape index (κ2) is 4.34. The number of furan rings is 1. The molecule has 2 aromatic heterocycles. The minimum Gasteiger partial charge on any atom is -0.454 e. The molecule has 0 amide bonds. The third-order valence-electron chi connectivity index (χ3n) is 2.69. The molecule has 0 aliphatic carbocycles. The molecule has 0 aliphatic rings. The first kappa shape index (κ1) is 10.5. The number of rotatable bonds is 3. The van der Waals surface area contributed by atoms with Gasteiger partial charge in [-0.1, -0.05) is 31.5 Å². The third kappa shape index (κ3) is 1.98. The van der Waals surface area contributed by atoms with E-state index >= 15 is 0 Å². The molecular weight excluding hydrogens is 230 g/mol. The highest BCUT2D eigenvalue weighted by molar-refractivity contribution is 7.13. The Balaban J connectivity index is 2.01. The smallest absolute Gasteiger partial charge is 0.164 e. The van der Waals surface area contributed by atoms with Crippen LogP contribution in [0.25, 0.3) is 21.7 Å². The summed E-state index contributed by atoms with van der Waals surface area (Å²) in [5.74, 6) is 0.874. The Bertz CT molecular complexity index is 605. The molecule has 17 heavy (non-hydrogen) atoms. The number of benzene rings is 1. The zero-order valence-electron chi connectivity index (χ0n) is 9.64. The van der Waals surface area contributed by atoms with Gasteiger partial charge >= 0.3 is 0 Å². The van der Waals surface area contributed by atoms with Crippen LogP contribution in [0.2, 0.25) is 0 Å². The molecule has 86 valence electrons. The van der Waals surface area contributed by atoms with E-state index in [2.05, 4.69) is 29.4 Å². The van der Waals surface area contributed by atoms with Gasteiger partial charge in [0, 0.05) is 10.8 Å². The van der Waals surface area contributed by atoms with Crippen LogP contribution in [-0.2, 0) is 6.42 Å². The number of nitrogens with zero attached hydrogens (tertiary/aromatic N) is 1. The van der Waals surface area contributed by atoms with E-state index in [0.717, 1.165) is 40.3 Å². The Kier molecular flexibility index (Phi) is 2.69. The van der Waals surface area contributed by atoms with Gasteiger partial charge in [0.1, 0.15) is 5.58 Å². The Morgan fingerprint density at radius 3 is 3.00 bits per heavy atom. The third-order valence-corrected chi connectivity index (χ3v) is 3.60. The Labute approximate surface area is 104 Å². The highest BCUT2D eigenvalue weighted by Crippen LogP contribution is 2.30. The number of hydrogen-bond donors (Lipinski definition) is 0. The summed E-state index contributed by atoms with van der Waals surface area (Å²) in [4.78, 5) is 4.59. The number of para-hydroxylation sites is 1. The van der Waals surface area contributed by atoms with E-state index in [-0.39, 0.29) is 0 Å². The second-order valence-corrected chi connectivity index (χ2v) is 4.90. The van der Waals surface area contributed by atoms with Crippen LogP contribution in [0, 0.1) is 0 Å². The van der Waals surface area contributed by atoms with Crippen LogP contribution in [-0.4, -0.2) is 4.98 Å². The van der Waals surface area contributed by atoms with Gasteiger partial charge in [-0.3, -0.25) is 0 Å². The van der Waals surface area contributed by atoms with Crippen molar-refractivity contribution in [3.05, 3.63) is 41.4 Å². The van der Waals surface area contributed by atoms with Gasteiger partial charge in [0.05, 0.1) is 5.69 Å². The first-order chi connectivity index (χ1) is 8.36. The first-order valence-corrected chi connectivity index (χ1v) is 6.68. The maximum absolute atomic E-state index is 5.79. The molecule has 0 unspecified atom stereocenters. The number of thiazole rings is 1. The van der Waals surface area contributed by atoms with Gasteiger partial charge in [-0.2, -0.15) is 0 Å². The molecule has 0 saturated heterocycles. The van der Waals surface area contributed by atoms with Gasteiger partial charge < -0.3 is 4.42 Å². The summed E-state index contributed by atoms with van der Waals surface area (Å²) in [5, 5.41) is 4.23. The molecule has 3 rings (SSSR count). The van der Waals surface area contributed by atoms with E-state index in [0.29, 0.717) is 0 Å². The van der Waals surface area contributed by atoms with Crippen LogP contribution < -0.4 is 0 Å². The quantitative estimate of drug-likeness (QED) is 0.676. The zero-order chi connectivity index (χ0) is 11.7. The van der Waals surface area contributed by atoms with Crippen LogP contribution in [0.3, 0.4) is 0 Å². The SMILES string of the molecule is CCCc1csc(-c2cc3ccccc3o2)n1. The predicted molar refractivity (Wildman–Crippen MR) is 71.3 cm³/mol. The van der Waals surface area contributed by atoms with E-state index < -0.39 is 0 Å². The maximum atomic E-state index is 5.79. The fourth-order valence-corrected chi connectivity index (χ4v) is 2.68. The molecule has 0 spiro atoms. The lowest BCUT2D eigenvalue weighted by Crippen LogP contribution is -1.81. The molecule has 0 atom stereocenters. The molecule has 3 heteroatoms. The molecule has 0 radical (unpaired) electrons. The molecular formula is C14H13NOS. The van der Waals surface area contributed by atoms with Crippen LogP contribution in [0.15, 0.2) is 40.1 Å². The van der Waals surface area contributed by atoms with Crippen LogP contribution in [0.1, 0.15) is 19.0 Å². The van der Waals surface area contributed by atoms with E-state index in [1.165, 1.54) is 0 Å². The lowest BCUT2D eigenvalue weighted by atomic mass is 10.2. The zero-order valence-corrected chi connectivity index (χ0v) is 10.5. The van der Waals surface area contributed by atoms with Gasteiger partial charge in [-0.25, -0.2) is 4.98 Å². The monoisotopic (exact) mass is 243 g/mol. The molecule has 0 saturated carbocycles. The van der Waals surface area contributed by atoms with Crippen molar-refractivity contribution >= 4 is 22.3 Å². The molecule has 0 bridgehead atoms. The second-order valence-electron chi connectivity index (χ2n) is 4.04. The maximum Gasteiger partial charge on any atom is 0.164 e. The molecule has 3 aromatic rings. The first-order valence-electron chi connectivity index (χ1n) is 5.80. The summed E-state index contributed by atoms with van der Waals surface area (Å²) < 4.78 is 5.79. The molecule has 0 aliphatic heterocycles. The summed E-state index contributed by atoms with van der Waals surface area (Å²) in [6.07, 6.45) is 2.17. The van der Waals surface area contributed by atoms with Crippen molar-refractivity contribution in [1.82, 2.24) is 4.98 Å². The van der Waals surface area contributed by atoms with Gasteiger partial charge in [0.2, 0.25) is 0 Å². The van der Waals surface area contributed by atoms with Crippen LogP contribution in [0.4, 0.5) is 0 Å². The topological polar surface area (TPSA) is 26.0 Å². The van der Waals surface area contributed by atoms with Crippen molar-refractivity contribution in [3.8, 4) is 10.8 Å². The molecule has 2 heterocycles. The average molecular weight is 243 g/mol. The Hall–Kier alpha value is -1.61. The van der Waals surface area contributed by atoms with E-state index in [9.17, 15) is 0 Å². The van der Waals surface area contributed by atoms with Crippen LogP contribution in [0.5, 0.6) is 0 Å². The van der Waals surface area contributed by atoms with Crippen LogP contribution >= 0.6 is 11.3 Å². The largest absolute Gasteiger partial charge is 0.454 e. The standard InChI is InChI=1S/C14H13NOS/c1-2-5-11-9-17-14(15-11)13-8-10-6-3-4-7-12(10)16-13/h3-4,6-9H,2,5H2,1H3. The number of fused-ring (bicyclic) bond motifs is 1. The molecule has 1 aromatic carbocycles. The highest BCUT2D eigenvalue weighted by Gasteiger charge is 2.09. The number of aromatic nitrogens is 1. The average Bonchev–Trinajstić information content (AvgIpc) is 2.94. The van der Waals surface area contributed by atoms with Gasteiger partial charge in [-0.05, 0) is 18.6 Å². The van der Waals surface area contributed by atoms with E-state index in [1.807, 2.05) is 18.2 Å². The lowest BCUT2D eigenvalue weighted by molar-refractivity contribution is 0.630. The van der Waals surface area contributed by atoms with Crippen molar-refractivity contribution in [2.75, 3.05) is 0 Å². The molecule has 0 N–H and O–H groups in total. The van der Waals surface area contributed by atoms with Crippen molar-refractivity contribution in [1.29, 1.82) is 0 Å². The predicted octanol–water partition coefficient (Wildman–Crippen LogP) is 4.51. The summed E-state index contributed by atoms with van der Waals surface area (Å²) in [7, 11) is 0. The normalized spacial score (nSPS) is 11.1. The van der Waals surface area contributed by atoms with Crippen molar-refractivity contribution in [2.45, 2.75) is 19.8 Å². The Morgan fingerprint density at radius 2 is 2.18 bits per heavy atom. The highest BCUT2D eigenvalue weighted by atomic mass is 32.1. The van der Waals surface area contributed by atoms with Crippen molar-refractivity contribution in [2.24, 2.45) is 0 Å². The van der Waals surface area contributed by atoms with E-state index in [4.69, 9.17) is 4.42 Å². The van der Waals surface area contributed by atoms with Gasteiger partial charge in [0.15, 0.2) is 10.8 Å². The van der Waals surface area contributed by atoms with Gasteiger partial charge in [0.25, 0.3) is 0 Å². The summed E-state index contributed by atoms with van der Waals surface area (Å²) in [6, 6.07) is 10.1. The van der Waals surface area contributed by atoms with E-state index in [1.54, 1.807) is 11.3 Å². The molecule has 2 nitrogen and oxygen atoms in total. The minimum absolute atomic E-state index is 0.874. The number of aryl methyl sites for hydroxylation is 1. The minimum atomic E-state index is 0.874. The summed E-state index contributed by atoms with van der Waals surface area (Å²) in [5.41, 5.74) is 2.09. The van der Waals surface area contributed by atoms with Gasteiger partial charge in [-0.15, -0.1) is 11.3 Å². The van der Waals surface area contributed by atoms with Crippen molar-refractivity contribution in [3.63, 3.8) is 0 Å². The summed E-state index contributed by atoms with van der Waals surface area (Å²) in [6.45, 7) is 2.17. The number of hydrogen-bond acceptors (Lipinski definition) is 3.